The molecular formula is C11H16N2O4. The summed E-state index contributed by atoms with van der Waals surface area (Å²) in [6.45, 7) is 2.17. The molecule has 0 aliphatic heterocycles. The van der Waals surface area contributed by atoms with E-state index < -0.39 is 17.9 Å². The molecule has 1 rings (SSSR count). The summed E-state index contributed by atoms with van der Waals surface area (Å²) < 4.78 is 5.03. The highest BCUT2D eigenvalue weighted by Crippen LogP contribution is 2.00. The highest BCUT2D eigenvalue weighted by atomic mass is 16.4. The van der Waals surface area contributed by atoms with Gasteiger partial charge < -0.3 is 20.2 Å². The minimum atomic E-state index is -0.904. The van der Waals surface area contributed by atoms with Crippen LogP contribution < -0.4 is 10.6 Å². The molecule has 1 aromatic rings. The number of carbonyl (C=O) groups excluding carboxylic acids is 1. The van der Waals surface area contributed by atoms with E-state index in [2.05, 4.69) is 10.6 Å². The Hall–Kier alpha value is -1.98. The average molecular weight is 240 g/mol. The van der Waals surface area contributed by atoms with E-state index >= 15 is 0 Å². The van der Waals surface area contributed by atoms with Crippen LogP contribution in [0.2, 0.25) is 0 Å². The van der Waals surface area contributed by atoms with Crippen molar-refractivity contribution in [3.63, 3.8) is 0 Å². The first-order chi connectivity index (χ1) is 8.13. The van der Waals surface area contributed by atoms with E-state index in [0.717, 1.165) is 0 Å². The number of urea groups is 1. The molecule has 1 unspecified atom stereocenters. The molecule has 0 spiro atoms. The van der Waals surface area contributed by atoms with Crippen molar-refractivity contribution >= 4 is 12.0 Å². The quantitative estimate of drug-likeness (QED) is 0.696. The van der Waals surface area contributed by atoms with Gasteiger partial charge in [-0.05, 0) is 18.6 Å². The first-order valence-corrected chi connectivity index (χ1v) is 5.40. The van der Waals surface area contributed by atoms with Gasteiger partial charge in [-0.3, -0.25) is 4.79 Å². The van der Waals surface area contributed by atoms with E-state index in [0.29, 0.717) is 12.2 Å². The van der Waals surface area contributed by atoms with E-state index in [9.17, 15) is 9.59 Å². The van der Waals surface area contributed by atoms with Gasteiger partial charge >= 0.3 is 12.0 Å². The molecule has 0 aliphatic rings. The average Bonchev–Trinajstić information content (AvgIpc) is 2.79. The lowest BCUT2D eigenvalue weighted by Gasteiger charge is -2.11. The summed E-state index contributed by atoms with van der Waals surface area (Å²) in [5, 5.41) is 13.9. The van der Waals surface area contributed by atoms with E-state index in [1.165, 1.54) is 6.26 Å². The fourth-order valence-electron chi connectivity index (χ4n) is 1.27. The summed E-state index contributed by atoms with van der Waals surface area (Å²) in [6, 6.07) is 3.07. The molecule has 0 fully saturated rings. The van der Waals surface area contributed by atoms with Gasteiger partial charge in [0.1, 0.15) is 5.76 Å². The minimum Gasteiger partial charge on any atom is -0.481 e. The van der Waals surface area contributed by atoms with Crippen LogP contribution in [0.3, 0.4) is 0 Å². The van der Waals surface area contributed by atoms with Crippen LogP contribution in [0.5, 0.6) is 0 Å². The zero-order valence-electron chi connectivity index (χ0n) is 9.60. The molecule has 1 heterocycles. The van der Waals surface area contributed by atoms with Crippen LogP contribution >= 0.6 is 0 Å². The zero-order valence-corrected chi connectivity index (χ0v) is 9.60. The largest absolute Gasteiger partial charge is 0.481 e. The van der Waals surface area contributed by atoms with Gasteiger partial charge in [0.05, 0.1) is 18.7 Å². The van der Waals surface area contributed by atoms with Crippen LogP contribution in [0.4, 0.5) is 4.79 Å². The molecule has 0 aliphatic carbocycles. The Morgan fingerprint density at radius 3 is 2.76 bits per heavy atom. The van der Waals surface area contributed by atoms with Crippen LogP contribution in [-0.2, 0) is 11.3 Å². The van der Waals surface area contributed by atoms with Gasteiger partial charge in [-0.1, -0.05) is 6.92 Å². The number of amides is 2. The zero-order chi connectivity index (χ0) is 12.7. The van der Waals surface area contributed by atoms with Gasteiger partial charge in [-0.15, -0.1) is 0 Å². The van der Waals surface area contributed by atoms with Gasteiger partial charge in [-0.2, -0.15) is 0 Å². The third-order valence-corrected chi connectivity index (χ3v) is 2.35. The van der Waals surface area contributed by atoms with Gasteiger partial charge in [0, 0.05) is 6.54 Å². The second kappa shape index (κ2) is 6.57. The molecule has 0 bridgehead atoms. The Morgan fingerprint density at radius 2 is 2.24 bits per heavy atom. The van der Waals surface area contributed by atoms with Gasteiger partial charge in [0.25, 0.3) is 0 Å². The minimum absolute atomic E-state index is 0.121. The highest BCUT2D eigenvalue weighted by Gasteiger charge is 2.15. The lowest BCUT2D eigenvalue weighted by atomic mass is 10.1. The van der Waals surface area contributed by atoms with Crippen molar-refractivity contribution in [1.82, 2.24) is 10.6 Å². The van der Waals surface area contributed by atoms with Crippen molar-refractivity contribution in [1.29, 1.82) is 0 Å². The Kier molecular flexibility index (Phi) is 5.06. The highest BCUT2D eigenvalue weighted by molar-refractivity contribution is 5.75. The first-order valence-electron chi connectivity index (χ1n) is 5.40. The summed E-state index contributed by atoms with van der Waals surface area (Å²) in [6.07, 6.45) is 2.00. The number of aliphatic carboxylic acids is 1. The van der Waals surface area contributed by atoms with Gasteiger partial charge in [0.15, 0.2) is 0 Å². The predicted octanol–water partition coefficient (Wildman–Crippen LogP) is 1.19. The number of carboxylic acid groups (broad SMARTS) is 1. The number of hydrogen-bond donors (Lipinski definition) is 3. The lowest BCUT2D eigenvalue weighted by Crippen LogP contribution is -2.39. The number of furan rings is 1. The van der Waals surface area contributed by atoms with Crippen LogP contribution in [0.1, 0.15) is 19.1 Å². The fraction of sp³-hybridized carbons (Fsp3) is 0.455. The number of carboxylic acids is 1. The second-order valence-corrected chi connectivity index (χ2v) is 3.59. The Labute approximate surface area is 99.0 Å². The van der Waals surface area contributed by atoms with Crippen molar-refractivity contribution in [2.75, 3.05) is 6.54 Å². The molecule has 94 valence electrons. The summed E-state index contributed by atoms with van der Waals surface area (Å²) >= 11 is 0. The lowest BCUT2D eigenvalue weighted by molar-refractivity contribution is -0.141. The van der Waals surface area contributed by atoms with E-state index in [4.69, 9.17) is 9.52 Å². The Morgan fingerprint density at radius 1 is 1.47 bits per heavy atom. The van der Waals surface area contributed by atoms with Crippen LogP contribution in [0.15, 0.2) is 22.8 Å². The van der Waals surface area contributed by atoms with Crippen molar-refractivity contribution < 1.29 is 19.1 Å². The maximum Gasteiger partial charge on any atom is 0.315 e. The summed E-state index contributed by atoms with van der Waals surface area (Å²) in [5.41, 5.74) is 0. The monoisotopic (exact) mass is 240 g/mol. The molecule has 0 saturated heterocycles. The number of carbonyl (C=O) groups is 2. The standard InChI is InChI=1S/C11H16N2O4/c1-2-8(10(14)15)6-12-11(16)13-7-9-4-3-5-17-9/h3-5,8H,2,6-7H2,1H3,(H,14,15)(H2,12,13,16). The van der Waals surface area contributed by atoms with Crippen LogP contribution in [0.25, 0.3) is 0 Å². The van der Waals surface area contributed by atoms with Gasteiger partial charge in [0.2, 0.25) is 0 Å². The van der Waals surface area contributed by atoms with Crippen molar-refractivity contribution in [3.05, 3.63) is 24.2 Å². The Balaban J connectivity index is 2.23. The molecule has 0 radical (unpaired) electrons. The third-order valence-electron chi connectivity index (χ3n) is 2.35. The molecule has 6 heteroatoms. The van der Waals surface area contributed by atoms with Crippen LogP contribution in [0, 0.1) is 5.92 Å². The molecule has 1 atom stereocenters. The molecule has 2 amide bonds. The molecular weight excluding hydrogens is 224 g/mol. The normalized spacial score (nSPS) is 11.8. The topological polar surface area (TPSA) is 91.6 Å². The Bertz CT molecular complexity index is 362. The van der Waals surface area contributed by atoms with E-state index in [-0.39, 0.29) is 13.1 Å². The van der Waals surface area contributed by atoms with Crippen LogP contribution in [-0.4, -0.2) is 23.7 Å². The van der Waals surface area contributed by atoms with Crippen molar-refractivity contribution in [3.8, 4) is 0 Å². The number of rotatable bonds is 6. The third kappa shape index (κ3) is 4.58. The SMILES string of the molecule is CCC(CNC(=O)NCc1ccco1)C(=O)O. The fourth-order valence-corrected chi connectivity index (χ4v) is 1.27. The molecule has 6 nitrogen and oxygen atoms in total. The molecule has 0 aromatic carbocycles. The summed E-state index contributed by atoms with van der Waals surface area (Å²) in [7, 11) is 0. The van der Waals surface area contributed by atoms with E-state index in [1.807, 2.05) is 0 Å². The smallest absolute Gasteiger partial charge is 0.315 e. The molecule has 0 saturated carbocycles. The summed E-state index contributed by atoms with van der Waals surface area (Å²) in [5.74, 6) is -0.811. The van der Waals surface area contributed by atoms with E-state index in [1.54, 1.807) is 19.1 Å². The maximum absolute atomic E-state index is 11.3. The molecule has 1 aromatic heterocycles. The molecule has 3 N–H and O–H groups in total. The summed E-state index contributed by atoms with van der Waals surface area (Å²) in [4.78, 5) is 22.0. The first kappa shape index (κ1) is 13.1. The number of hydrogen-bond acceptors (Lipinski definition) is 3. The molecule has 17 heavy (non-hydrogen) atoms. The number of nitrogens with one attached hydrogen (secondary N) is 2. The van der Waals surface area contributed by atoms with Crippen molar-refractivity contribution in [2.24, 2.45) is 5.92 Å². The predicted molar refractivity (Wildman–Crippen MR) is 60.4 cm³/mol. The van der Waals surface area contributed by atoms with Gasteiger partial charge in [-0.25, -0.2) is 4.79 Å². The maximum atomic E-state index is 11.3. The second-order valence-electron chi connectivity index (χ2n) is 3.59. The van der Waals surface area contributed by atoms with Crippen molar-refractivity contribution in [2.45, 2.75) is 19.9 Å².